The van der Waals surface area contributed by atoms with E-state index in [-0.39, 0.29) is 19.0 Å². The first-order valence-electron chi connectivity index (χ1n) is 8.33. The van der Waals surface area contributed by atoms with Crippen LogP contribution < -0.4 is 15.0 Å². The minimum atomic E-state index is -1.06. The molecule has 1 aromatic carbocycles. The van der Waals surface area contributed by atoms with Crippen molar-refractivity contribution in [3.63, 3.8) is 0 Å². The molecule has 0 aromatic heterocycles. The van der Waals surface area contributed by atoms with E-state index in [4.69, 9.17) is 9.47 Å². The van der Waals surface area contributed by atoms with Crippen LogP contribution >= 0.6 is 0 Å². The van der Waals surface area contributed by atoms with Gasteiger partial charge in [0, 0.05) is 13.1 Å². The zero-order chi connectivity index (χ0) is 19.5. The molecule has 0 atom stereocenters. The zero-order valence-electron chi connectivity index (χ0n) is 15.7. The van der Waals surface area contributed by atoms with Crippen molar-refractivity contribution in [3.05, 3.63) is 23.3 Å². The van der Waals surface area contributed by atoms with Crippen molar-refractivity contribution < 1.29 is 28.6 Å². The molecule has 2 amide bonds. The molecule has 1 aliphatic rings. The summed E-state index contributed by atoms with van der Waals surface area (Å²) >= 11 is 0. The topological polar surface area (TPSA) is 94.2 Å². The maximum atomic E-state index is 12.8. The van der Waals surface area contributed by atoms with Gasteiger partial charge in [0.15, 0.2) is 5.60 Å². The molecule has 0 saturated heterocycles. The minimum absolute atomic E-state index is 0.191. The minimum Gasteiger partial charge on any atom is -0.476 e. The Labute approximate surface area is 152 Å². The molecule has 0 unspecified atom stereocenters. The molecule has 8 heteroatoms. The van der Waals surface area contributed by atoms with Gasteiger partial charge in [0.05, 0.1) is 25.5 Å². The number of nitrogens with one attached hydrogen (secondary N) is 1. The molecule has 8 nitrogen and oxygen atoms in total. The lowest BCUT2D eigenvalue weighted by Gasteiger charge is -2.39. The summed E-state index contributed by atoms with van der Waals surface area (Å²) < 4.78 is 15.2. The maximum absolute atomic E-state index is 12.8. The highest BCUT2D eigenvalue weighted by Crippen LogP contribution is 2.40. The number of rotatable bonds is 5. The Morgan fingerprint density at radius 3 is 2.50 bits per heavy atom. The van der Waals surface area contributed by atoms with E-state index in [1.807, 2.05) is 6.92 Å². The predicted octanol–water partition coefficient (Wildman–Crippen LogP) is 1.90. The van der Waals surface area contributed by atoms with E-state index in [2.05, 4.69) is 10.1 Å². The largest absolute Gasteiger partial charge is 0.476 e. The first-order chi connectivity index (χ1) is 12.2. The summed E-state index contributed by atoms with van der Waals surface area (Å²) in [5.74, 6) is -0.233. The van der Waals surface area contributed by atoms with Crippen molar-refractivity contribution in [2.24, 2.45) is 0 Å². The van der Waals surface area contributed by atoms with Gasteiger partial charge in [0.1, 0.15) is 5.75 Å². The summed E-state index contributed by atoms with van der Waals surface area (Å²) in [6.07, 6.45) is 0.0288. The van der Waals surface area contributed by atoms with Crippen LogP contribution in [0.25, 0.3) is 0 Å². The average Bonchev–Trinajstić information content (AvgIpc) is 2.62. The fourth-order valence-corrected chi connectivity index (χ4v) is 2.81. The number of fused-ring (bicyclic) bond motifs is 1. The molecule has 142 valence electrons. The normalized spacial score (nSPS) is 15.0. The summed E-state index contributed by atoms with van der Waals surface area (Å²) in [6.45, 7) is 5.68. The van der Waals surface area contributed by atoms with Gasteiger partial charge >= 0.3 is 12.1 Å². The van der Waals surface area contributed by atoms with Crippen molar-refractivity contribution in [1.82, 2.24) is 5.32 Å². The van der Waals surface area contributed by atoms with Crippen molar-refractivity contribution in [2.75, 3.05) is 32.2 Å². The van der Waals surface area contributed by atoms with Crippen LogP contribution in [0.2, 0.25) is 0 Å². The molecule has 26 heavy (non-hydrogen) atoms. The monoisotopic (exact) mass is 364 g/mol. The van der Waals surface area contributed by atoms with Crippen LogP contribution in [-0.4, -0.2) is 50.9 Å². The molecule has 0 aliphatic carbocycles. The van der Waals surface area contributed by atoms with Crippen LogP contribution in [0.3, 0.4) is 0 Å². The molecule has 0 saturated carbocycles. The molecule has 0 fully saturated rings. The summed E-state index contributed by atoms with van der Waals surface area (Å²) in [7, 11) is 2.58. The van der Waals surface area contributed by atoms with E-state index in [1.54, 1.807) is 26.0 Å². The van der Waals surface area contributed by atoms with E-state index in [1.165, 1.54) is 19.1 Å². The second-order valence-electron chi connectivity index (χ2n) is 6.31. The number of methoxy groups -OCH3 is 2. The van der Waals surface area contributed by atoms with Gasteiger partial charge in [0.25, 0.3) is 5.91 Å². The van der Waals surface area contributed by atoms with Gasteiger partial charge in [-0.3, -0.25) is 4.79 Å². The lowest BCUT2D eigenvalue weighted by molar-refractivity contribution is -0.132. The highest BCUT2D eigenvalue weighted by atomic mass is 16.5. The van der Waals surface area contributed by atoms with Crippen LogP contribution in [0.15, 0.2) is 12.1 Å². The summed E-state index contributed by atoms with van der Waals surface area (Å²) in [5.41, 5.74) is 0.568. The number of esters is 1. The first-order valence-corrected chi connectivity index (χ1v) is 8.33. The van der Waals surface area contributed by atoms with Gasteiger partial charge in [-0.15, -0.1) is 0 Å². The van der Waals surface area contributed by atoms with E-state index in [9.17, 15) is 14.4 Å². The number of aryl methyl sites for hydroxylation is 1. The molecule has 0 bridgehead atoms. The molecule has 2 rings (SSSR count). The molecule has 0 radical (unpaired) electrons. The zero-order valence-corrected chi connectivity index (χ0v) is 15.7. The van der Waals surface area contributed by atoms with Crippen molar-refractivity contribution in [3.8, 4) is 5.75 Å². The third-order valence-corrected chi connectivity index (χ3v) is 4.18. The Bertz CT molecular complexity index is 729. The standard InChI is InChI=1S/C18H24N2O6/c1-6-11-9-14-13(10-12(11)15(21)24-4)20(8-7-19-17(23)25-5)16(22)18(2,3)26-14/h9-10H,6-8H2,1-5H3,(H,19,23). The van der Waals surface area contributed by atoms with Crippen molar-refractivity contribution >= 4 is 23.7 Å². The first kappa shape index (κ1) is 19.6. The lowest BCUT2D eigenvalue weighted by atomic mass is 9.98. The van der Waals surface area contributed by atoms with Gasteiger partial charge in [-0.2, -0.15) is 0 Å². The Balaban J connectivity index is 2.44. The van der Waals surface area contributed by atoms with Crippen LogP contribution in [0.1, 0.15) is 36.7 Å². The molecular weight excluding hydrogens is 340 g/mol. The number of ether oxygens (including phenoxy) is 3. The van der Waals surface area contributed by atoms with Crippen LogP contribution in [-0.2, 0) is 20.7 Å². The van der Waals surface area contributed by atoms with Gasteiger partial charge < -0.3 is 24.4 Å². The van der Waals surface area contributed by atoms with E-state index < -0.39 is 17.7 Å². The number of carbonyl (C=O) groups excluding carboxylic acids is 3. The van der Waals surface area contributed by atoms with Crippen LogP contribution in [0.4, 0.5) is 10.5 Å². The second-order valence-corrected chi connectivity index (χ2v) is 6.31. The third-order valence-electron chi connectivity index (χ3n) is 4.18. The quantitative estimate of drug-likeness (QED) is 0.802. The van der Waals surface area contributed by atoms with Gasteiger partial charge in [-0.05, 0) is 38.0 Å². The summed E-state index contributed by atoms with van der Waals surface area (Å²) in [4.78, 5) is 37.6. The molecule has 0 spiro atoms. The number of amides is 2. The SMILES string of the molecule is CCc1cc2c(cc1C(=O)OC)N(CCNC(=O)OC)C(=O)C(C)(C)O2. The molecule has 1 aliphatic heterocycles. The molecule has 1 N–H and O–H groups in total. The molecule has 1 aromatic rings. The Kier molecular flexibility index (Phi) is 5.74. The number of benzene rings is 1. The Hall–Kier alpha value is -2.77. The van der Waals surface area contributed by atoms with E-state index in [0.29, 0.717) is 23.4 Å². The van der Waals surface area contributed by atoms with E-state index in [0.717, 1.165) is 5.56 Å². The Morgan fingerprint density at radius 1 is 1.23 bits per heavy atom. The fourth-order valence-electron chi connectivity index (χ4n) is 2.81. The lowest BCUT2D eigenvalue weighted by Crippen LogP contribution is -2.54. The smallest absolute Gasteiger partial charge is 0.406 e. The molecule has 1 heterocycles. The van der Waals surface area contributed by atoms with Gasteiger partial charge in [-0.1, -0.05) is 6.92 Å². The number of carbonyl (C=O) groups is 3. The fraction of sp³-hybridized carbons (Fsp3) is 0.500. The van der Waals surface area contributed by atoms with E-state index >= 15 is 0 Å². The summed E-state index contributed by atoms with van der Waals surface area (Å²) in [6, 6.07) is 3.36. The summed E-state index contributed by atoms with van der Waals surface area (Å²) in [5, 5.41) is 2.54. The van der Waals surface area contributed by atoms with Gasteiger partial charge in [-0.25, -0.2) is 9.59 Å². The average molecular weight is 364 g/mol. The highest BCUT2D eigenvalue weighted by molar-refractivity contribution is 6.04. The Morgan fingerprint density at radius 2 is 1.92 bits per heavy atom. The van der Waals surface area contributed by atoms with Crippen molar-refractivity contribution in [1.29, 1.82) is 0 Å². The number of hydrogen-bond acceptors (Lipinski definition) is 6. The number of nitrogens with zero attached hydrogens (tertiary/aromatic N) is 1. The highest BCUT2D eigenvalue weighted by Gasteiger charge is 2.41. The van der Waals surface area contributed by atoms with Crippen molar-refractivity contribution in [2.45, 2.75) is 32.8 Å². The third kappa shape index (κ3) is 3.74. The number of alkyl carbamates (subject to hydrolysis) is 1. The molecular formula is C18H24N2O6. The predicted molar refractivity (Wildman–Crippen MR) is 94.6 cm³/mol. The number of anilines is 1. The maximum Gasteiger partial charge on any atom is 0.406 e. The second kappa shape index (κ2) is 7.63. The van der Waals surface area contributed by atoms with Gasteiger partial charge in [0.2, 0.25) is 0 Å². The number of hydrogen-bond donors (Lipinski definition) is 1. The van der Waals surface area contributed by atoms with Crippen LogP contribution in [0.5, 0.6) is 5.75 Å². The van der Waals surface area contributed by atoms with Crippen LogP contribution in [0, 0.1) is 0 Å².